The molecule has 1 saturated carbocycles. The van der Waals surface area contributed by atoms with Crippen molar-refractivity contribution in [1.29, 1.82) is 0 Å². The molecule has 2 aliphatic rings. The van der Waals surface area contributed by atoms with Crippen LogP contribution in [0.5, 0.6) is 0 Å². The van der Waals surface area contributed by atoms with Gasteiger partial charge in [0, 0.05) is 36.2 Å². The van der Waals surface area contributed by atoms with E-state index in [2.05, 4.69) is 15.4 Å². The number of carbonyl (C=O) groups is 2. The van der Waals surface area contributed by atoms with Crippen molar-refractivity contribution < 1.29 is 9.59 Å². The first-order valence-electron chi connectivity index (χ1n) is 10.6. The first-order chi connectivity index (χ1) is 14.5. The first kappa shape index (κ1) is 18.8. The number of rotatable bonds is 6. The maximum Gasteiger partial charge on any atom is 0.261 e. The van der Waals surface area contributed by atoms with Crippen molar-refractivity contribution in [3.05, 3.63) is 59.0 Å². The summed E-state index contributed by atoms with van der Waals surface area (Å²) in [6.07, 6.45) is 9.45. The van der Waals surface area contributed by atoms with Crippen LogP contribution in [-0.4, -0.2) is 37.4 Å². The van der Waals surface area contributed by atoms with E-state index in [9.17, 15) is 9.59 Å². The van der Waals surface area contributed by atoms with E-state index in [1.54, 1.807) is 29.2 Å². The Morgan fingerprint density at radius 3 is 2.90 bits per heavy atom. The SMILES string of the molecule is CC(C)N1Cc2cc(NC(=O)c3cnn4cccnc34)c(CCC3CC3)cc2C1=O. The molecule has 1 aliphatic carbocycles. The summed E-state index contributed by atoms with van der Waals surface area (Å²) < 4.78 is 1.59. The summed E-state index contributed by atoms with van der Waals surface area (Å²) in [4.78, 5) is 32.0. The Balaban J connectivity index is 1.48. The van der Waals surface area contributed by atoms with Crippen LogP contribution in [0.15, 0.2) is 36.8 Å². The summed E-state index contributed by atoms with van der Waals surface area (Å²) in [7, 11) is 0. The van der Waals surface area contributed by atoms with Crippen LogP contribution in [0.4, 0.5) is 5.69 Å². The number of anilines is 1. The van der Waals surface area contributed by atoms with E-state index in [0.29, 0.717) is 17.8 Å². The Morgan fingerprint density at radius 2 is 2.13 bits per heavy atom. The monoisotopic (exact) mass is 403 g/mol. The number of nitrogens with zero attached hydrogens (tertiary/aromatic N) is 4. The van der Waals surface area contributed by atoms with Gasteiger partial charge in [-0.2, -0.15) is 5.10 Å². The van der Waals surface area contributed by atoms with Crippen LogP contribution in [0, 0.1) is 5.92 Å². The predicted octanol–water partition coefficient (Wildman–Crippen LogP) is 3.69. The van der Waals surface area contributed by atoms with Crippen molar-refractivity contribution >= 4 is 23.1 Å². The highest BCUT2D eigenvalue weighted by atomic mass is 16.2. The van der Waals surface area contributed by atoms with Crippen molar-refractivity contribution in [2.45, 2.75) is 52.1 Å². The third-order valence-electron chi connectivity index (χ3n) is 6.08. The van der Waals surface area contributed by atoms with Crippen LogP contribution in [-0.2, 0) is 13.0 Å². The van der Waals surface area contributed by atoms with Crippen LogP contribution < -0.4 is 5.32 Å². The van der Waals surface area contributed by atoms with Gasteiger partial charge in [-0.1, -0.05) is 12.8 Å². The second-order valence-electron chi connectivity index (χ2n) is 8.58. The van der Waals surface area contributed by atoms with Crippen LogP contribution in [0.3, 0.4) is 0 Å². The molecule has 5 rings (SSSR count). The zero-order valence-corrected chi connectivity index (χ0v) is 17.3. The molecule has 7 nitrogen and oxygen atoms in total. The molecule has 1 N–H and O–H groups in total. The number of amides is 2. The molecule has 1 fully saturated rings. The molecule has 1 aromatic carbocycles. The van der Waals surface area contributed by atoms with E-state index in [1.807, 2.05) is 30.9 Å². The molecule has 0 saturated heterocycles. The topological polar surface area (TPSA) is 79.6 Å². The molecule has 0 radical (unpaired) electrons. The van der Waals surface area contributed by atoms with E-state index < -0.39 is 0 Å². The first-order valence-corrected chi connectivity index (χ1v) is 10.6. The number of fused-ring (bicyclic) bond motifs is 2. The normalized spacial score (nSPS) is 15.8. The molecule has 0 spiro atoms. The molecule has 0 atom stereocenters. The van der Waals surface area contributed by atoms with E-state index in [-0.39, 0.29) is 17.9 Å². The standard InChI is InChI=1S/C23H25N5O2/c1-14(2)27-13-17-11-20(16(7-6-15-4-5-15)10-18(17)23(27)30)26-22(29)19-12-25-28-9-3-8-24-21(19)28/h3,8-12,14-15H,4-7,13H2,1-2H3,(H,26,29). The number of hydrogen-bond donors (Lipinski definition) is 1. The van der Waals surface area contributed by atoms with Gasteiger partial charge >= 0.3 is 0 Å². The van der Waals surface area contributed by atoms with Gasteiger partial charge in [-0.15, -0.1) is 0 Å². The molecular formula is C23H25N5O2. The van der Waals surface area contributed by atoms with Gasteiger partial charge in [-0.25, -0.2) is 9.50 Å². The fraction of sp³-hybridized carbons (Fsp3) is 0.391. The van der Waals surface area contributed by atoms with Crippen molar-refractivity contribution in [3.8, 4) is 0 Å². The third kappa shape index (κ3) is 3.34. The predicted molar refractivity (Wildman–Crippen MR) is 113 cm³/mol. The van der Waals surface area contributed by atoms with Gasteiger partial charge in [0.05, 0.1) is 6.20 Å². The van der Waals surface area contributed by atoms with Crippen LogP contribution in [0.25, 0.3) is 5.65 Å². The Kier molecular flexibility index (Phi) is 4.53. The second-order valence-corrected chi connectivity index (χ2v) is 8.58. The molecule has 7 heteroatoms. The highest BCUT2D eigenvalue weighted by Gasteiger charge is 2.31. The maximum atomic E-state index is 13.0. The fourth-order valence-electron chi connectivity index (χ4n) is 4.11. The van der Waals surface area contributed by atoms with E-state index in [0.717, 1.165) is 41.1 Å². The van der Waals surface area contributed by atoms with Gasteiger partial charge in [0.25, 0.3) is 11.8 Å². The Morgan fingerprint density at radius 1 is 1.30 bits per heavy atom. The van der Waals surface area contributed by atoms with Gasteiger partial charge in [-0.3, -0.25) is 9.59 Å². The lowest BCUT2D eigenvalue weighted by molar-refractivity contribution is 0.0730. The van der Waals surface area contributed by atoms with Gasteiger partial charge in [0.2, 0.25) is 0 Å². The second kappa shape index (κ2) is 7.23. The maximum absolute atomic E-state index is 13.0. The average Bonchev–Trinajstić information content (AvgIpc) is 3.37. The van der Waals surface area contributed by atoms with Gasteiger partial charge in [0.1, 0.15) is 5.56 Å². The zero-order chi connectivity index (χ0) is 20.8. The van der Waals surface area contributed by atoms with Gasteiger partial charge in [-0.05, 0) is 61.9 Å². The summed E-state index contributed by atoms with van der Waals surface area (Å²) in [5.41, 5.74) is 4.51. The fourth-order valence-corrected chi connectivity index (χ4v) is 4.11. The Hall–Kier alpha value is -3.22. The summed E-state index contributed by atoms with van der Waals surface area (Å²) in [6.45, 7) is 4.63. The molecular weight excluding hydrogens is 378 g/mol. The van der Waals surface area contributed by atoms with E-state index >= 15 is 0 Å². The molecule has 3 aromatic rings. The summed E-state index contributed by atoms with van der Waals surface area (Å²) in [5, 5.41) is 7.29. The summed E-state index contributed by atoms with van der Waals surface area (Å²) in [6, 6.07) is 5.89. The van der Waals surface area contributed by atoms with E-state index in [4.69, 9.17) is 0 Å². The smallest absolute Gasteiger partial charge is 0.261 e. The molecule has 0 bridgehead atoms. The number of aromatic nitrogens is 3. The Labute approximate surface area is 175 Å². The lowest BCUT2D eigenvalue weighted by Gasteiger charge is -2.19. The van der Waals surface area contributed by atoms with Gasteiger partial charge in [0.15, 0.2) is 5.65 Å². The number of hydrogen-bond acceptors (Lipinski definition) is 4. The minimum Gasteiger partial charge on any atom is -0.332 e. The van der Waals surface area contributed by atoms with Gasteiger partial charge < -0.3 is 10.2 Å². The minimum atomic E-state index is -0.235. The van der Waals surface area contributed by atoms with E-state index in [1.165, 1.54) is 12.8 Å². The zero-order valence-electron chi connectivity index (χ0n) is 17.3. The molecule has 1 aliphatic heterocycles. The molecule has 0 unspecified atom stereocenters. The molecule has 2 amide bonds. The number of aryl methyl sites for hydroxylation is 1. The molecule has 154 valence electrons. The molecule has 30 heavy (non-hydrogen) atoms. The lowest BCUT2D eigenvalue weighted by atomic mass is 9.99. The third-order valence-corrected chi connectivity index (χ3v) is 6.08. The van der Waals surface area contributed by atoms with Crippen molar-refractivity contribution in [1.82, 2.24) is 19.5 Å². The summed E-state index contributed by atoms with van der Waals surface area (Å²) >= 11 is 0. The molecule has 2 aromatic heterocycles. The number of benzene rings is 1. The summed E-state index contributed by atoms with van der Waals surface area (Å²) in [5.74, 6) is 0.618. The van der Waals surface area contributed by atoms with Crippen molar-refractivity contribution in [2.24, 2.45) is 5.92 Å². The van der Waals surface area contributed by atoms with Crippen LogP contribution >= 0.6 is 0 Å². The minimum absolute atomic E-state index is 0.0809. The largest absolute Gasteiger partial charge is 0.332 e. The average molecular weight is 403 g/mol. The van der Waals surface area contributed by atoms with Crippen molar-refractivity contribution in [3.63, 3.8) is 0 Å². The highest BCUT2D eigenvalue weighted by molar-refractivity contribution is 6.09. The number of carbonyl (C=O) groups excluding carboxylic acids is 2. The quantitative estimate of drug-likeness (QED) is 0.681. The van der Waals surface area contributed by atoms with Crippen LogP contribution in [0.1, 0.15) is 65.0 Å². The number of nitrogens with one attached hydrogen (secondary N) is 1. The Bertz CT molecular complexity index is 1150. The van der Waals surface area contributed by atoms with Crippen molar-refractivity contribution in [2.75, 3.05) is 5.32 Å². The lowest BCUT2D eigenvalue weighted by Crippen LogP contribution is -2.30. The van der Waals surface area contributed by atoms with Crippen LogP contribution in [0.2, 0.25) is 0 Å². The molecule has 3 heterocycles. The highest BCUT2D eigenvalue weighted by Crippen LogP contribution is 2.36.